The predicted octanol–water partition coefficient (Wildman–Crippen LogP) is 2.00. The maximum Gasteiger partial charge on any atom is 0.317 e. The molecule has 3 fully saturated rings. The molecule has 0 spiro atoms. The van der Waals surface area contributed by atoms with E-state index in [2.05, 4.69) is 10.2 Å². The van der Waals surface area contributed by atoms with Crippen LogP contribution in [-0.2, 0) is 9.59 Å². The first kappa shape index (κ1) is 22.8. The normalized spacial score (nSPS) is 26.4. The van der Waals surface area contributed by atoms with Crippen molar-refractivity contribution < 1.29 is 19.5 Å². The maximum absolute atomic E-state index is 12.8. The number of carboxylic acids is 1. The first-order chi connectivity index (χ1) is 14.4. The molecule has 170 valence electrons. The monoisotopic (exact) mass is 422 g/mol. The van der Waals surface area contributed by atoms with Crippen LogP contribution in [0.15, 0.2) is 0 Å². The number of nitrogens with zero attached hydrogens (tertiary/aromatic N) is 3. The highest BCUT2D eigenvalue weighted by atomic mass is 16.4. The third-order valence-electron chi connectivity index (χ3n) is 7.18. The van der Waals surface area contributed by atoms with Crippen molar-refractivity contribution in [2.75, 3.05) is 45.8 Å². The molecule has 2 atom stereocenters. The number of urea groups is 1. The van der Waals surface area contributed by atoms with Crippen molar-refractivity contribution in [1.29, 1.82) is 0 Å². The Morgan fingerprint density at radius 1 is 0.900 bits per heavy atom. The van der Waals surface area contributed by atoms with E-state index >= 15 is 0 Å². The number of nitrogens with one attached hydrogen (secondary N) is 1. The number of amides is 3. The summed E-state index contributed by atoms with van der Waals surface area (Å²) in [5.74, 6) is -0.291. The van der Waals surface area contributed by atoms with Crippen molar-refractivity contribution in [2.45, 2.75) is 64.3 Å². The van der Waals surface area contributed by atoms with Gasteiger partial charge in [-0.05, 0) is 44.1 Å². The smallest absolute Gasteiger partial charge is 0.317 e. The second-order valence-electron chi connectivity index (χ2n) is 9.27. The van der Waals surface area contributed by atoms with Crippen LogP contribution in [0.3, 0.4) is 0 Å². The number of hydrogen-bond acceptors (Lipinski definition) is 4. The lowest BCUT2D eigenvalue weighted by atomic mass is 9.81. The molecule has 0 bridgehead atoms. The fourth-order valence-corrected chi connectivity index (χ4v) is 5.23. The average Bonchev–Trinajstić information content (AvgIpc) is 2.73. The van der Waals surface area contributed by atoms with Gasteiger partial charge in [0.25, 0.3) is 0 Å². The Kier molecular flexibility index (Phi) is 8.36. The minimum absolute atomic E-state index is 0.0238. The Morgan fingerprint density at radius 3 is 2.23 bits per heavy atom. The highest BCUT2D eigenvalue weighted by molar-refractivity contribution is 5.75. The molecular formula is C22H38N4O4. The third-order valence-corrected chi connectivity index (χ3v) is 7.18. The van der Waals surface area contributed by atoms with E-state index in [1.165, 1.54) is 19.3 Å². The first-order valence-electron chi connectivity index (χ1n) is 11.7. The minimum atomic E-state index is -0.750. The van der Waals surface area contributed by atoms with Gasteiger partial charge < -0.3 is 20.2 Å². The molecule has 1 saturated carbocycles. The Morgan fingerprint density at radius 2 is 1.60 bits per heavy atom. The van der Waals surface area contributed by atoms with Gasteiger partial charge in [0.2, 0.25) is 5.91 Å². The van der Waals surface area contributed by atoms with E-state index in [0.717, 1.165) is 58.4 Å². The number of carboxylic acid groups (broad SMARTS) is 1. The molecule has 8 nitrogen and oxygen atoms in total. The number of likely N-dealkylation sites (tertiary alicyclic amines) is 1. The van der Waals surface area contributed by atoms with Gasteiger partial charge in [-0.15, -0.1) is 0 Å². The van der Waals surface area contributed by atoms with Crippen LogP contribution < -0.4 is 5.32 Å². The molecular weight excluding hydrogens is 384 g/mol. The van der Waals surface area contributed by atoms with Crippen LogP contribution >= 0.6 is 0 Å². The largest absolute Gasteiger partial charge is 0.481 e. The molecule has 2 N–H and O–H groups in total. The van der Waals surface area contributed by atoms with Crippen molar-refractivity contribution >= 4 is 17.9 Å². The van der Waals surface area contributed by atoms with E-state index < -0.39 is 5.97 Å². The van der Waals surface area contributed by atoms with Gasteiger partial charge in [-0.25, -0.2) is 4.79 Å². The van der Waals surface area contributed by atoms with E-state index in [4.69, 9.17) is 0 Å². The Bertz CT molecular complexity index is 600. The van der Waals surface area contributed by atoms with E-state index in [9.17, 15) is 19.5 Å². The van der Waals surface area contributed by atoms with Gasteiger partial charge in [-0.1, -0.05) is 19.3 Å². The van der Waals surface area contributed by atoms with Gasteiger partial charge in [-0.3, -0.25) is 14.5 Å². The number of carbonyl (C=O) groups is 3. The molecule has 0 aromatic carbocycles. The molecule has 2 saturated heterocycles. The van der Waals surface area contributed by atoms with Crippen molar-refractivity contribution in [3.63, 3.8) is 0 Å². The summed E-state index contributed by atoms with van der Waals surface area (Å²) in [6.45, 7) is 7.03. The molecule has 0 unspecified atom stereocenters. The van der Waals surface area contributed by atoms with Gasteiger partial charge in [0, 0.05) is 58.7 Å². The standard InChI is InChI=1S/C22H38N4O4/c1-17(27)25-13-11-24(12-14-25)9-7-19-16-26(10-8-18(19)15-21(28)29)22(30)23-20-5-3-2-4-6-20/h18-20H,2-16H2,1H3,(H,23,30)(H,28,29)/t18-,19-/m0/s1. The first-order valence-corrected chi connectivity index (χ1v) is 11.7. The van der Waals surface area contributed by atoms with E-state index in [0.29, 0.717) is 19.1 Å². The average molecular weight is 423 g/mol. The van der Waals surface area contributed by atoms with Gasteiger partial charge in [0.05, 0.1) is 0 Å². The molecule has 0 radical (unpaired) electrons. The maximum atomic E-state index is 12.8. The van der Waals surface area contributed by atoms with Gasteiger partial charge in [0.15, 0.2) is 0 Å². The fourth-order valence-electron chi connectivity index (χ4n) is 5.23. The molecule has 3 rings (SSSR count). The molecule has 3 aliphatic rings. The van der Waals surface area contributed by atoms with Crippen molar-refractivity contribution in [1.82, 2.24) is 20.0 Å². The van der Waals surface area contributed by atoms with Gasteiger partial charge >= 0.3 is 12.0 Å². The molecule has 0 aromatic rings. The van der Waals surface area contributed by atoms with Crippen LogP contribution in [0.2, 0.25) is 0 Å². The molecule has 1 aliphatic carbocycles. The van der Waals surface area contributed by atoms with E-state index in [-0.39, 0.29) is 30.2 Å². The Labute approximate surface area is 179 Å². The van der Waals surface area contributed by atoms with Gasteiger partial charge in [0.1, 0.15) is 0 Å². The second-order valence-corrected chi connectivity index (χ2v) is 9.27. The third kappa shape index (κ3) is 6.59. The van der Waals surface area contributed by atoms with Crippen molar-refractivity contribution in [3.8, 4) is 0 Å². The summed E-state index contributed by atoms with van der Waals surface area (Å²) >= 11 is 0. The van der Waals surface area contributed by atoms with E-state index in [1.54, 1.807) is 6.92 Å². The summed E-state index contributed by atoms with van der Waals surface area (Å²) < 4.78 is 0. The molecule has 3 amide bonds. The SMILES string of the molecule is CC(=O)N1CCN(CC[C@H]2CN(C(=O)NC3CCCCC3)CC[C@H]2CC(=O)O)CC1. The number of piperazine rings is 1. The van der Waals surface area contributed by atoms with Crippen LogP contribution in [0.1, 0.15) is 58.3 Å². The zero-order valence-corrected chi connectivity index (χ0v) is 18.4. The summed E-state index contributed by atoms with van der Waals surface area (Å²) in [5.41, 5.74) is 0. The van der Waals surface area contributed by atoms with Crippen LogP contribution in [0.4, 0.5) is 4.79 Å². The van der Waals surface area contributed by atoms with Crippen LogP contribution in [0, 0.1) is 11.8 Å². The number of aliphatic carboxylic acids is 1. The van der Waals surface area contributed by atoms with E-state index in [1.807, 2.05) is 9.80 Å². The molecule has 2 heterocycles. The number of rotatable bonds is 6. The summed E-state index contributed by atoms with van der Waals surface area (Å²) in [4.78, 5) is 41.8. The molecule has 8 heteroatoms. The quantitative estimate of drug-likeness (QED) is 0.683. The zero-order chi connectivity index (χ0) is 21.5. The van der Waals surface area contributed by atoms with Crippen molar-refractivity contribution in [2.24, 2.45) is 11.8 Å². The number of hydrogen-bond donors (Lipinski definition) is 2. The highest BCUT2D eigenvalue weighted by Crippen LogP contribution is 2.30. The summed E-state index contributed by atoms with van der Waals surface area (Å²) in [6.07, 6.45) is 7.60. The zero-order valence-electron chi connectivity index (χ0n) is 18.4. The van der Waals surface area contributed by atoms with Crippen LogP contribution in [0.5, 0.6) is 0 Å². The molecule has 2 aliphatic heterocycles. The minimum Gasteiger partial charge on any atom is -0.481 e. The van der Waals surface area contributed by atoms with Crippen LogP contribution in [0.25, 0.3) is 0 Å². The second kappa shape index (κ2) is 11.0. The fraction of sp³-hybridized carbons (Fsp3) is 0.864. The summed E-state index contributed by atoms with van der Waals surface area (Å²) in [5, 5.41) is 12.5. The lowest BCUT2D eigenvalue weighted by Gasteiger charge is -2.40. The molecule has 0 aromatic heterocycles. The van der Waals surface area contributed by atoms with Gasteiger partial charge in [-0.2, -0.15) is 0 Å². The highest BCUT2D eigenvalue weighted by Gasteiger charge is 2.33. The summed E-state index contributed by atoms with van der Waals surface area (Å²) in [7, 11) is 0. The number of carbonyl (C=O) groups excluding carboxylic acids is 2. The Hall–Kier alpha value is -1.83. The summed E-state index contributed by atoms with van der Waals surface area (Å²) in [6, 6.07) is 0.315. The van der Waals surface area contributed by atoms with Crippen LogP contribution in [-0.4, -0.2) is 89.6 Å². The number of piperidine rings is 1. The molecule has 30 heavy (non-hydrogen) atoms. The topological polar surface area (TPSA) is 93.2 Å². The Balaban J connectivity index is 1.51. The predicted molar refractivity (Wildman–Crippen MR) is 114 cm³/mol. The lowest BCUT2D eigenvalue weighted by molar-refractivity contribution is -0.139. The van der Waals surface area contributed by atoms with Crippen molar-refractivity contribution in [3.05, 3.63) is 0 Å². The lowest BCUT2D eigenvalue weighted by Crippen LogP contribution is -2.52.